The Morgan fingerprint density at radius 3 is 2.62 bits per heavy atom. The van der Waals surface area contributed by atoms with Crippen molar-refractivity contribution in [3.05, 3.63) is 53.6 Å². The van der Waals surface area contributed by atoms with Gasteiger partial charge in [-0.05, 0) is 47.2 Å². The van der Waals surface area contributed by atoms with Gasteiger partial charge in [-0.3, -0.25) is 14.9 Å². The van der Waals surface area contributed by atoms with Crippen LogP contribution in [-0.2, 0) is 4.79 Å². The van der Waals surface area contributed by atoms with Gasteiger partial charge in [-0.25, -0.2) is 0 Å². The zero-order chi connectivity index (χ0) is 20.8. The number of aromatic nitrogens is 4. The first-order valence-electron chi connectivity index (χ1n) is 8.57. The number of amides is 2. The summed E-state index contributed by atoms with van der Waals surface area (Å²) < 4.78 is 12.0. The van der Waals surface area contributed by atoms with Crippen LogP contribution in [0.25, 0.3) is 5.69 Å². The number of rotatable bonds is 7. The number of aryl methyl sites for hydroxylation is 1. The van der Waals surface area contributed by atoms with Crippen molar-refractivity contribution in [2.24, 2.45) is 0 Å². The van der Waals surface area contributed by atoms with E-state index in [1.165, 1.54) is 11.8 Å². The van der Waals surface area contributed by atoms with Crippen LogP contribution < -0.4 is 14.8 Å². The van der Waals surface area contributed by atoms with Crippen molar-refractivity contribution in [1.82, 2.24) is 25.5 Å². The number of carbonyl (C=O) groups is 2. The molecule has 0 aliphatic carbocycles. The molecule has 0 radical (unpaired) electrons. The number of nitrogens with zero attached hydrogens (tertiary/aromatic N) is 4. The van der Waals surface area contributed by atoms with Crippen molar-refractivity contribution in [3.63, 3.8) is 0 Å². The summed E-state index contributed by atoms with van der Waals surface area (Å²) in [7, 11) is 3.02. The molecular formula is C19H19N5O4S. The van der Waals surface area contributed by atoms with E-state index in [-0.39, 0.29) is 11.3 Å². The standard InChI is InChI=1S/C19H19N5O4S/c1-12-8-9-16(28-3)14(10-12)24-19(21-22-23-24)29-11-17(25)20-18(26)13-6-4-5-7-15(13)27-2/h4-10H,11H2,1-3H3,(H,20,25,26). The van der Waals surface area contributed by atoms with Crippen molar-refractivity contribution >= 4 is 23.6 Å². The van der Waals surface area contributed by atoms with Crippen molar-refractivity contribution in [3.8, 4) is 17.2 Å². The summed E-state index contributed by atoms with van der Waals surface area (Å²) in [6.07, 6.45) is 0. The molecule has 10 heteroatoms. The Kier molecular flexibility index (Phi) is 6.45. The Morgan fingerprint density at radius 1 is 1.10 bits per heavy atom. The molecule has 0 unspecified atom stereocenters. The highest BCUT2D eigenvalue weighted by molar-refractivity contribution is 7.99. The quantitative estimate of drug-likeness (QED) is 0.586. The molecule has 1 aromatic heterocycles. The first-order chi connectivity index (χ1) is 14.0. The number of carbonyl (C=O) groups excluding carboxylic acids is 2. The van der Waals surface area contributed by atoms with Gasteiger partial charge in [-0.15, -0.1) is 5.10 Å². The summed E-state index contributed by atoms with van der Waals surface area (Å²) in [5.74, 6) is -0.0683. The molecule has 0 atom stereocenters. The van der Waals surface area contributed by atoms with Gasteiger partial charge in [0.1, 0.15) is 17.2 Å². The monoisotopic (exact) mass is 413 g/mol. The van der Waals surface area contributed by atoms with Crippen LogP contribution in [0.4, 0.5) is 0 Å². The van der Waals surface area contributed by atoms with Crippen molar-refractivity contribution in [2.45, 2.75) is 12.1 Å². The molecule has 1 heterocycles. The zero-order valence-electron chi connectivity index (χ0n) is 16.1. The van der Waals surface area contributed by atoms with E-state index in [1.807, 2.05) is 25.1 Å². The molecular weight excluding hydrogens is 394 g/mol. The molecule has 1 N–H and O–H groups in total. The molecule has 0 saturated heterocycles. The van der Waals surface area contributed by atoms with Gasteiger partial charge in [0.2, 0.25) is 11.1 Å². The predicted molar refractivity (Wildman–Crippen MR) is 107 cm³/mol. The topological polar surface area (TPSA) is 108 Å². The lowest BCUT2D eigenvalue weighted by atomic mass is 10.2. The van der Waals surface area contributed by atoms with Gasteiger partial charge < -0.3 is 9.47 Å². The van der Waals surface area contributed by atoms with E-state index in [0.717, 1.165) is 17.3 Å². The molecule has 29 heavy (non-hydrogen) atoms. The molecule has 0 spiro atoms. The van der Waals surface area contributed by atoms with Crippen LogP contribution in [0, 0.1) is 6.92 Å². The lowest BCUT2D eigenvalue weighted by Gasteiger charge is -2.10. The smallest absolute Gasteiger partial charge is 0.261 e. The minimum atomic E-state index is -0.534. The molecule has 3 aromatic rings. The summed E-state index contributed by atoms with van der Waals surface area (Å²) in [5.41, 5.74) is 1.94. The van der Waals surface area contributed by atoms with Crippen molar-refractivity contribution in [2.75, 3.05) is 20.0 Å². The SMILES string of the molecule is COc1ccccc1C(=O)NC(=O)CSc1nnnn1-c1cc(C)ccc1OC. The van der Waals surface area contributed by atoms with Crippen LogP contribution >= 0.6 is 11.8 Å². The van der Waals surface area contributed by atoms with Gasteiger partial charge in [-0.1, -0.05) is 30.0 Å². The summed E-state index contributed by atoms with van der Waals surface area (Å²) in [4.78, 5) is 24.6. The predicted octanol–water partition coefficient (Wildman–Crippen LogP) is 2.04. The Labute approximate surface area is 171 Å². The maximum Gasteiger partial charge on any atom is 0.261 e. The first-order valence-corrected chi connectivity index (χ1v) is 9.55. The van der Waals surface area contributed by atoms with Crippen molar-refractivity contribution < 1.29 is 19.1 Å². The molecule has 0 aliphatic heterocycles. The van der Waals surface area contributed by atoms with E-state index in [4.69, 9.17) is 9.47 Å². The Hall–Kier alpha value is -3.40. The molecule has 0 bridgehead atoms. The number of nitrogens with one attached hydrogen (secondary N) is 1. The number of imide groups is 1. The molecule has 9 nitrogen and oxygen atoms in total. The minimum Gasteiger partial charge on any atom is -0.496 e. The first kappa shape index (κ1) is 20.3. The van der Waals surface area contributed by atoms with E-state index in [0.29, 0.717) is 22.3 Å². The number of para-hydroxylation sites is 1. The minimum absolute atomic E-state index is 0.0462. The normalized spacial score (nSPS) is 10.4. The van der Waals surface area contributed by atoms with Crippen LogP contribution in [0.1, 0.15) is 15.9 Å². The molecule has 2 aromatic carbocycles. The number of hydrogen-bond acceptors (Lipinski definition) is 8. The summed E-state index contributed by atoms with van der Waals surface area (Å²) in [6.45, 7) is 1.94. The van der Waals surface area contributed by atoms with Crippen LogP contribution in [0.3, 0.4) is 0 Å². The lowest BCUT2D eigenvalue weighted by Crippen LogP contribution is -2.32. The Balaban J connectivity index is 1.69. The summed E-state index contributed by atoms with van der Waals surface area (Å²) in [5, 5.41) is 14.4. The number of thioether (sulfide) groups is 1. The number of benzene rings is 2. The maximum atomic E-state index is 12.3. The van der Waals surface area contributed by atoms with Gasteiger partial charge in [0.05, 0.1) is 25.5 Å². The maximum absolute atomic E-state index is 12.3. The molecule has 0 fully saturated rings. The Bertz CT molecular complexity index is 1040. The lowest BCUT2D eigenvalue weighted by molar-refractivity contribution is -0.117. The fourth-order valence-corrected chi connectivity index (χ4v) is 3.26. The number of methoxy groups -OCH3 is 2. The average molecular weight is 413 g/mol. The highest BCUT2D eigenvalue weighted by Crippen LogP contribution is 2.27. The average Bonchev–Trinajstić information content (AvgIpc) is 3.20. The molecule has 0 aliphatic rings. The van der Waals surface area contributed by atoms with Crippen LogP contribution in [0.5, 0.6) is 11.5 Å². The van der Waals surface area contributed by atoms with Gasteiger partial charge in [-0.2, -0.15) is 4.68 Å². The van der Waals surface area contributed by atoms with Crippen LogP contribution in [-0.4, -0.2) is 52.0 Å². The van der Waals surface area contributed by atoms with E-state index < -0.39 is 11.8 Å². The Morgan fingerprint density at radius 2 is 1.86 bits per heavy atom. The van der Waals surface area contributed by atoms with E-state index >= 15 is 0 Å². The largest absolute Gasteiger partial charge is 0.496 e. The fraction of sp³-hybridized carbons (Fsp3) is 0.211. The second-order valence-electron chi connectivity index (χ2n) is 5.91. The number of tetrazole rings is 1. The highest BCUT2D eigenvalue weighted by Gasteiger charge is 2.18. The van der Waals surface area contributed by atoms with Crippen molar-refractivity contribution in [1.29, 1.82) is 0 Å². The fourth-order valence-electron chi connectivity index (χ4n) is 2.58. The summed E-state index contributed by atoms with van der Waals surface area (Å²) in [6, 6.07) is 12.3. The molecule has 3 rings (SSSR count). The number of hydrogen-bond donors (Lipinski definition) is 1. The third kappa shape index (κ3) is 4.72. The van der Waals surface area contributed by atoms with E-state index in [1.54, 1.807) is 31.4 Å². The van der Waals surface area contributed by atoms with Crippen LogP contribution in [0.2, 0.25) is 0 Å². The molecule has 150 valence electrons. The third-order valence-electron chi connectivity index (χ3n) is 3.94. The second kappa shape index (κ2) is 9.20. The van der Waals surface area contributed by atoms with Gasteiger partial charge >= 0.3 is 0 Å². The van der Waals surface area contributed by atoms with Crippen LogP contribution in [0.15, 0.2) is 47.6 Å². The van der Waals surface area contributed by atoms with Gasteiger partial charge in [0.25, 0.3) is 5.91 Å². The zero-order valence-corrected chi connectivity index (χ0v) is 16.9. The van der Waals surface area contributed by atoms with E-state index in [2.05, 4.69) is 20.8 Å². The third-order valence-corrected chi connectivity index (χ3v) is 4.86. The van der Waals surface area contributed by atoms with Gasteiger partial charge in [0, 0.05) is 0 Å². The molecule has 0 saturated carbocycles. The summed E-state index contributed by atoms with van der Waals surface area (Å²) >= 11 is 1.10. The van der Waals surface area contributed by atoms with Gasteiger partial charge in [0.15, 0.2) is 0 Å². The number of ether oxygens (including phenoxy) is 2. The second-order valence-corrected chi connectivity index (χ2v) is 6.86. The molecule has 2 amide bonds. The highest BCUT2D eigenvalue weighted by atomic mass is 32.2. The van der Waals surface area contributed by atoms with E-state index in [9.17, 15) is 9.59 Å².